The Hall–Kier alpha value is -1.28. The van der Waals surface area contributed by atoms with Gasteiger partial charge < -0.3 is 4.90 Å². The highest BCUT2D eigenvalue weighted by atomic mass is 15.2. The van der Waals surface area contributed by atoms with E-state index in [9.17, 15) is 0 Å². The topological polar surface area (TPSA) is 6.48 Å². The maximum atomic E-state index is 2.65. The van der Waals surface area contributed by atoms with E-state index in [1.54, 1.807) is 0 Å². The quantitative estimate of drug-likeness (QED) is 0.817. The maximum absolute atomic E-state index is 2.65. The van der Waals surface area contributed by atoms with Gasteiger partial charge in [-0.1, -0.05) is 36.8 Å². The van der Waals surface area contributed by atoms with E-state index in [1.807, 2.05) is 0 Å². The number of benzene rings is 1. The van der Waals surface area contributed by atoms with Crippen LogP contribution in [-0.4, -0.2) is 36.0 Å². The number of rotatable bonds is 4. The molecule has 0 amide bonds. The molecule has 2 nitrogen and oxygen atoms in total. The largest absolute Gasteiger partial charge is 0.378 e. The van der Waals surface area contributed by atoms with Gasteiger partial charge in [-0.15, -0.1) is 0 Å². The van der Waals surface area contributed by atoms with Crippen molar-refractivity contribution in [3.8, 4) is 0 Å². The molecular formula is C19H28N2. The van der Waals surface area contributed by atoms with E-state index < -0.39 is 0 Å². The van der Waals surface area contributed by atoms with Gasteiger partial charge in [0.1, 0.15) is 0 Å². The van der Waals surface area contributed by atoms with Crippen LogP contribution >= 0.6 is 0 Å². The first-order valence-electron chi connectivity index (χ1n) is 8.65. The summed E-state index contributed by atoms with van der Waals surface area (Å²) in [7, 11) is 0. The first-order chi connectivity index (χ1) is 10.4. The standard InChI is InChI=1S/C19H28N2/c1-4-10-18(11-5-1)19(21-15-8-3-9-16-21)12-17-20-13-6-2-7-14-20/h1,4-5,10-12,17,19H,2-3,6-9,13-16H2/b17-12+. The van der Waals surface area contributed by atoms with Crippen LogP contribution in [-0.2, 0) is 0 Å². The van der Waals surface area contributed by atoms with Crippen LogP contribution in [0.15, 0.2) is 42.6 Å². The van der Waals surface area contributed by atoms with Crippen LogP contribution in [0, 0.1) is 0 Å². The molecule has 3 rings (SSSR count). The number of likely N-dealkylation sites (tertiary alicyclic amines) is 2. The van der Waals surface area contributed by atoms with Gasteiger partial charge in [-0.3, -0.25) is 4.90 Å². The van der Waals surface area contributed by atoms with Crippen LogP contribution in [0.1, 0.15) is 50.1 Å². The Balaban J connectivity index is 1.73. The lowest BCUT2D eigenvalue weighted by Gasteiger charge is -2.34. The third-order valence-electron chi connectivity index (χ3n) is 4.79. The molecule has 0 radical (unpaired) electrons. The van der Waals surface area contributed by atoms with Gasteiger partial charge in [0.25, 0.3) is 0 Å². The summed E-state index contributed by atoms with van der Waals surface area (Å²) in [6.07, 6.45) is 13.0. The van der Waals surface area contributed by atoms with Crippen LogP contribution in [0.3, 0.4) is 0 Å². The monoisotopic (exact) mass is 284 g/mol. The number of piperidine rings is 2. The summed E-state index contributed by atoms with van der Waals surface area (Å²) in [6.45, 7) is 4.95. The summed E-state index contributed by atoms with van der Waals surface area (Å²) < 4.78 is 0. The van der Waals surface area contributed by atoms with E-state index in [0.29, 0.717) is 6.04 Å². The molecule has 114 valence electrons. The predicted molar refractivity (Wildman–Crippen MR) is 89.2 cm³/mol. The minimum atomic E-state index is 0.452. The predicted octanol–water partition coefficient (Wildman–Crippen LogP) is 4.21. The van der Waals surface area contributed by atoms with Gasteiger partial charge in [0.15, 0.2) is 0 Å². The fourth-order valence-corrected chi connectivity index (χ4v) is 3.56. The number of nitrogens with zero attached hydrogens (tertiary/aromatic N) is 2. The molecule has 2 aliphatic rings. The lowest BCUT2D eigenvalue weighted by atomic mass is 10.0. The fraction of sp³-hybridized carbons (Fsp3) is 0.579. The van der Waals surface area contributed by atoms with Crippen LogP contribution < -0.4 is 0 Å². The Bertz CT molecular complexity index is 428. The van der Waals surface area contributed by atoms with Crippen molar-refractivity contribution in [3.63, 3.8) is 0 Å². The summed E-state index contributed by atoms with van der Waals surface area (Å²) in [5.74, 6) is 0. The molecule has 0 N–H and O–H groups in total. The molecule has 1 unspecified atom stereocenters. The summed E-state index contributed by atoms with van der Waals surface area (Å²) in [5, 5.41) is 0. The third-order valence-corrected chi connectivity index (χ3v) is 4.79. The van der Waals surface area contributed by atoms with Crippen molar-refractivity contribution in [1.29, 1.82) is 0 Å². The van der Waals surface area contributed by atoms with Crippen molar-refractivity contribution in [2.45, 2.75) is 44.6 Å². The summed E-state index contributed by atoms with van der Waals surface area (Å²) in [6, 6.07) is 11.5. The average Bonchev–Trinajstić information content (AvgIpc) is 2.58. The fourth-order valence-electron chi connectivity index (χ4n) is 3.56. The first kappa shape index (κ1) is 14.6. The van der Waals surface area contributed by atoms with Crippen molar-refractivity contribution in [2.75, 3.05) is 26.2 Å². The highest BCUT2D eigenvalue weighted by Crippen LogP contribution is 2.26. The molecule has 0 aromatic heterocycles. The number of hydrogen-bond donors (Lipinski definition) is 0. The van der Waals surface area contributed by atoms with Gasteiger partial charge >= 0.3 is 0 Å². The van der Waals surface area contributed by atoms with Gasteiger partial charge in [-0.2, -0.15) is 0 Å². The maximum Gasteiger partial charge on any atom is 0.0548 e. The van der Waals surface area contributed by atoms with E-state index >= 15 is 0 Å². The number of hydrogen-bond acceptors (Lipinski definition) is 2. The first-order valence-corrected chi connectivity index (χ1v) is 8.65. The molecule has 1 aromatic carbocycles. The Morgan fingerprint density at radius 2 is 1.38 bits per heavy atom. The molecule has 2 saturated heterocycles. The molecule has 2 heteroatoms. The van der Waals surface area contributed by atoms with Gasteiger partial charge in [-0.25, -0.2) is 0 Å². The molecule has 2 fully saturated rings. The smallest absolute Gasteiger partial charge is 0.0548 e. The molecular weight excluding hydrogens is 256 g/mol. The molecule has 1 atom stereocenters. The van der Waals surface area contributed by atoms with Crippen LogP contribution in [0.2, 0.25) is 0 Å². The molecule has 0 saturated carbocycles. The van der Waals surface area contributed by atoms with E-state index in [2.05, 4.69) is 52.4 Å². The van der Waals surface area contributed by atoms with Gasteiger partial charge in [0, 0.05) is 13.1 Å². The Kier molecular flexibility index (Phi) is 5.34. The van der Waals surface area contributed by atoms with Crippen molar-refractivity contribution in [3.05, 3.63) is 48.2 Å². The highest BCUT2D eigenvalue weighted by Gasteiger charge is 2.20. The highest BCUT2D eigenvalue weighted by molar-refractivity contribution is 5.23. The van der Waals surface area contributed by atoms with Gasteiger partial charge in [0.2, 0.25) is 0 Å². The second kappa shape index (κ2) is 7.65. The van der Waals surface area contributed by atoms with Crippen LogP contribution in [0.5, 0.6) is 0 Å². The van der Waals surface area contributed by atoms with Crippen molar-refractivity contribution in [2.24, 2.45) is 0 Å². The van der Waals surface area contributed by atoms with Gasteiger partial charge in [0.05, 0.1) is 6.04 Å². The van der Waals surface area contributed by atoms with Crippen LogP contribution in [0.4, 0.5) is 0 Å². The molecule has 0 bridgehead atoms. The summed E-state index contributed by atoms with van der Waals surface area (Å²) in [4.78, 5) is 5.16. The molecule has 21 heavy (non-hydrogen) atoms. The van der Waals surface area contributed by atoms with Crippen LogP contribution in [0.25, 0.3) is 0 Å². The zero-order chi connectivity index (χ0) is 14.3. The van der Waals surface area contributed by atoms with E-state index in [-0.39, 0.29) is 0 Å². The third kappa shape index (κ3) is 4.10. The van der Waals surface area contributed by atoms with E-state index in [1.165, 1.54) is 70.3 Å². The lowest BCUT2D eigenvalue weighted by molar-refractivity contribution is 0.190. The molecule has 0 aliphatic carbocycles. The molecule has 0 spiro atoms. The van der Waals surface area contributed by atoms with Gasteiger partial charge in [-0.05, 0) is 63.0 Å². The molecule has 2 heterocycles. The minimum absolute atomic E-state index is 0.452. The minimum Gasteiger partial charge on any atom is -0.378 e. The molecule has 2 aliphatic heterocycles. The zero-order valence-electron chi connectivity index (χ0n) is 13.1. The van der Waals surface area contributed by atoms with Crippen molar-refractivity contribution >= 4 is 0 Å². The SMILES string of the molecule is C(=C\N1CCCCC1)/C(c1ccccc1)N1CCCCC1. The zero-order valence-corrected chi connectivity index (χ0v) is 13.1. The second-order valence-corrected chi connectivity index (χ2v) is 6.39. The average molecular weight is 284 g/mol. The molecule has 1 aromatic rings. The summed E-state index contributed by atoms with van der Waals surface area (Å²) in [5.41, 5.74) is 1.44. The Morgan fingerprint density at radius 1 is 0.762 bits per heavy atom. The van der Waals surface area contributed by atoms with E-state index in [0.717, 1.165) is 0 Å². The Labute approximate surface area is 129 Å². The Morgan fingerprint density at radius 3 is 2.05 bits per heavy atom. The second-order valence-electron chi connectivity index (χ2n) is 6.39. The van der Waals surface area contributed by atoms with E-state index in [4.69, 9.17) is 0 Å². The lowest BCUT2D eigenvalue weighted by Crippen LogP contribution is -2.33. The van der Waals surface area contributed by atoms with Crippen molar-refractivity contribution < 1.29 is 0 Å². The summed E-state index contributed by atoms with van der Waals surface area (Å²) >= 11 is 0. The normalized spacial score (nSPS) is 22.6. The van der Waals surface area contributed by atoms with Crippen molar-refractivity contribution in [1.82, 2.24) is 9.80 Å².